The molecule has 2 heterocycles. The number of rotatable bonds is 8. The summed E-state index contributed by atoms with van der Waals surface area (Å²) in [7, 11) is -3.54. The molecule has 0 aliphatic carbocycles. The maximum absolute atomic E-state index is 12.4. The maximum Gasteiger partial charge on any atom is 0.240 e. The van der Waals surface area contributed by atoms with E-state index in [1.54, 1.807) is 22.9 Å². The van der Waals surface area contributed by atoms with Crippen molar-refractivity contribution in [3.8, 4) is 5.82 Å². The molecule has 8 nitrogen and oxygen atoms in total. The summed E-state index contributed by atoms with van der Waals surface area (Å²) in [5.41, 5.74) is 2.99. The van der Waals surface area contributed by atoms with Crippen LogP contribution in [0.15, 0.2) is 41.3 Å². The lowest BCUT2D eigenvalue weighted by Gasteiger charge is -2.11. The summed E-state index contributed by atoms with van der Waals surface area (Å²) in [5, 5.41) is 7.59. The minimum absolute atomic E-state index is 0.232. The minimum Gasteiger partial charge on any atom is -0.369 e. The Morgan fingerprint density at radius 3 is 2.34 bits per heavy atom. The fraction of sp³-hybridized carbons (Fsp3) is 0.350. The Morgan fingerprint density at radius 2 is 1.72 bits per heavy atom. The van der Waals surface area contributed by atoms with Gasteiger partial charge in [-0.05, 0) is 51.0 Å². The smallest absolute Gasteiger partial charge is 0.240 e. The van der Waals surface area contributed by atoms with Gasteiger partial charge in [0.15, 0.2) is 5.82 Å². The molecule has 1 aromatic carbocycles. The fourth-order valence-electron chi connectivity index (χ4n) is 2.98. The molecule has 0 fully saturated rings. The van der Waals surface area contributed by atoms with Crippen LogP contribution in [0, 0.1) is 20.8 Å². The van der Waals surface area contributed by atoms with Gasteiger partial charge in [0.1, 0.15) is 11.6 Å². The topological polar surface area (TPSA) is 102 Å². The van der Waals surface area contributed by atoms with Gasteiger partial charge in [0.25, 0.3) is 0 Å². The molecule has 0 saturated heterocycles. The maximum atomic E-state index is 12.4. The standard InChI is InChI=1S/C20H26N6O2S/c1-5-17-6-8-18(9-7-17)29(27,28)22-11-10-21-19-13-20(24-16(4)23-19)26-15(3)12-14(2)25-26/h6-9,12-13,22H,5,10-11H2,1-4H3,(H,21,23,24). The van der Waals surface area contributed by atoms with E-state index in [1.807, 2.05) is 45.9 Å². The van der Waals surface area contributed by atoms with Crippen LogP contribution in [0.5, 0.6) is 0 Å². The molecule has 3 aromatic rings. The Hall–Kier alpha value is -2.78. The number of hydrogen-bond donors (Lipinski definition) is 2. The highest BCUT2D eigenvalue weighted by atomic mass is 32.2. The molecule has 9 heteroatoms. The molecule has 154 valence electrons. The minimum atomic E-state index is -3.54. The van der Waals surface area contributed by atoms with E-state index >= 15 is 0 Å². The SMILES string of the molecule is CCc1ccc(S(=O)(=O)NCCNc2cc(-n3nc(C)cc3C)nc(C)n2)cc1. The summed E-state index contributed by atoms with van der Waals surface area (Å²) in [6.07, 6.45) is 0.871. The van der Waals surface area contributed by atoms with Crippen molar-refractivity contribution < 1.29 is 8.42 Å². The first kappa shape index (κ1) is 20.9. The third kappa shape index (κ3) is 5.18. The average Bonchev–Trinajstić information content (AvgIpc) is 3.03. The molecule has 3 rings (SSSR count). The van der Waals surface area contributed by atoms with Gasteiger partial charge in [0.05, 0.1) is 10.6 Å². The third-order valence-corrected chi connectivity index (χ3v) is 5.89. The molecular weight excluding hydrogens is 388 g/mol. The Balaban J connectivity index is 1.62. The second kappa shape index (κ2) is 8.71. The van der Waals surface area contributed by atoms with Crippen LogP contribution in [0.25, 0.3) is 5.82 Å². The first-order chi connectivity index (χ1) is 13.8. The second-order valence-electron chi connectivity index (χ2n) is 6.82. The van der Waals surface area contributed by atoms with Gasteiger partial charge in [-0.1, -0.05) is 19.1 Å². The van der Waals surface area contributed by atoms with Gasteiger partial charge in [-0.2, -0.15) is 5.10 Å². The fourth-order valence-corrected chi connectivity index (χ4v) is 4.01. The van der Waals surface area contributed by atoms with Gasteiger partial charge in [-0.25, -0.2) is 27.8 Å². The van der Waals surface area contributed by atoms with Crippen LogP contribution in [0.3, 0.4) is 0 Å². The number of aryl methyl sites for hydroxylation is 4. The lowest BCUT2D eigenvalue weighted by atomic mass is 10.2. The Bertz CT molecular complexity index is 1090. The van der Waals surface area contributed by atoms with Crippen LogP contribution in [0.4, 0.5) is 5.82 Å². The number of nitrogens with zero attached hydrogens (tertiary/aromatic N) is 4. The molecule has 29 heavy (non-hydrogen) atoms. The van der Waals surface area contributed by atoms with Crippen molar-refractivity contribution in [2.24, 2.45) is 0 Å². The zero-order chi connectivity index (χ0) is 21.0. The summed E-state index contributed by atoms with van der Waals surface area (Å²) in [6.45, 7) is 8.35. The van der Waals surface area contributed by atoms with Crippen LogP contribution < -0.4 is 10.0 Å². The van der Waals surface area contributed by atoms with Gasteiger partial charge in [0, 0.05) is 24.8 Å². The molecule has 0 atom stereocenters. The van der Waals surface area contributed by atoms with E-state index in [9.17, 15) is 8.42 Å². The molecule has 0 aliphatic heterocycles. The van der Waals surface area contributed by atoms with Crippen molar-refractivity contribution in [1.82, 2.24) is 24.5 Å². The zero-order valence-electron chi connectivity index (χ0n) is 17.1. The normalized spacial score (nSPS) is 11.6. The third-order valence-electron chi connectivity index (χ3n) is 4.42. The lowest BCUT2D eigenvalue weighted by molar-refractivity contribution is 0.583. The summed E-state index contributed by atoms with van der Waals surface area (Å²) < 4.78 is 29.2. The summed E-state index contributed by atoms with van der Waals surface area (Å²) in [6, 6.07) is 10.7. The molecule has 0 saturated carbocycles. The molecule has 0 radical (unpaired) electrons. The predicted octanol–water partition coefficient (Wildman–Crippen LogP) is 2.54. The van der Waals surface area contributed by atoms with Gasteiger partial charge in [0.2, 0.25) is 10.0 Å². The largest absolute Gasteiger partial charge is 0.369 e. The Kier molecular flexibility index (Phi) is 6.29. The van der Waals surface area contributed by atoms with E-state index in [1.165, 1.54) is 0 Å². The Morgan fingerprint density at radius 1 is 1.00 bits per heavy atom. The first-order valence-electron chi connectivity index (χ1n) is 9.50. The molecule has 0 bridgehead atoms. The van der Waals surface area contributed by atoms with Crippen LogP contribution in [-0.4, -0.2) is 41.3 Å². The van der Waals surface area contributed by atoms with E-state index in [2.05, 4.69) is 25.1 Å². The lowest BCUT2D eigenvalue weighted by Crippen LogP contribution is -2.29. The zero-order valence-corrected chi connectivity index (χ0v) is 17.9. The molecule has 0 unspecified atom stereocenters. The number of anilines is 1. The summed E-state index contributed by atoms with van der Waals surface area (Å²) >= 11 is 0. The highest BCUT2D eigenvalue weighted by Gasteiger charge is 2.13. The van der Waals surface area contributed by atoms with Crippen LogP contribution in [0.1, 0.15) is 29.7 Å². The quantitative estimate of drug-likeness (QED) is 0.549. The molecule has 2 aromatic heterocycles. The summed E-state index contributed by atoms with van der Waals surface area (Å²) in [5.74, 6) is 1.89. The van der Waals surface area contributed by atoms with E-state index in [0.717, 1.165) is 23.4 Å². The van der Waals surface area contributed by atoms with Crippen LogP contribution in [0.2, 0.25) is 0 Å². The molecular formula is C20H26N6O2S. The monoisotopic (exact) mass is 414 g/mol. The van der Waals surface area contributed by atoms with Gasteiger partial charge < -0.3 is 5.32 Å². The van der Waals surface area contributed by atoms with Crippen molar-refractivity contribution in [1.29, 1.82) is 0 Å². The van der Waals surface area contributed by atoms with Gasteiger partial charge >= 0.3 is 0 Å². The van der Waals surface area contributed by atoms with Crippen molar-refractivity contribution in [2.75, 3.05) is 18.4 Å². The van der Waals surface area contributed by atoms with Crippen LogP contribution >= 0.6 is 0 Å². The van der Waals surface area contributed by atoms with Crippen LogP contribution in [-0.2, 0) is 16.4 Å². The van der Waals surface area contributed by atoms with E-state index in [4.69, 9.17) is 0 Å². The number of benzene rings is 1. The average molecular weight is 415 g/mol. The van der Waals surface area contributed by atoms with E-state index in [0.29, 0.717) is 24.0 Å². The van der Waals surface area contributed by atoms with E-state index < -0.39 is 10.0 Å². The van der Waals surface area contributed by atoms with Crippen molar-refractivity contribution >= 4 is 15.8 Å². The molecule has 0 aliphatic rings. The highest BCUT2D eigenvalue weighted by Crippen LogP contribution is 2.14. The number of sulfonamides is 1. The van der Waals surface area contributed by atoms with Gasteiger partial charge in [-0.15, -0.1) is 0 Å². The highest BCUT2D eigenvalue weighted by molar-refractivity contribution is 7.89. The van der Waals surface area contributed by atoms with Crippen molar-refractivity contribution in [3.63, 3.8) is 0 Å². The summed E-state index contributed by atoms with van der Waals surface area (Å²) in [4.78, 5) is 9.07. The predicted molar refractivity (Wildman–Crippen MR) is 113 cm³/mol. The second-order valence-corrected chi connectivity index (χ2v) is 8.59. The molecule has 0 amide bonds. The number of nitrogens with one attached hydrogen (secondary N) is 2. The van der Waals surface area contributed by atoms with Crippen molar-refractivity contribution in [3.05, 3.63) is 59.2 Å². The van der Waals surface area contributed by atoms with Gasteiger partial charge in [-0.3, -0.25) is 0 Å². The first-order valence-corrected chi connectivity index (χ1v) is 11.0. The Labute approximate surface area is 171 Å². The van der Waals surface area contributed by atoms with Crippen molar-refractivity contribution in [2.45, 2.75) is 39.0 Å². The number of aromatic nitrogens is 4. The number of hydrogen-bond acceptors (Lipinski definition) is 6. The molecule has 2 N–H and O–H groups in total. The molecule has 0 spiro atoms. The van der Waals surface area contributed by atoms with E-state index in [-0.39, 0.29) is 11.4 Å².